The number of nitrogens with one attached hydrogen (secondary N) is 1. The van der Waals surface area contributed by atoms with Gasteiger partial charge in [-0.15, -0.1) is 0 Å². The van der Waals surface area contributed by atoms with Gasteiger partial charge in [0.05, 0.1) is 5.54 Å². The number of rotatable bonds is 7. The zero-order chi connectivity index (χ0) is 23.2. The van der Waals surface area contributed by atoms with Crippen LogP contribution < -0.4 is 5.32 Å². The van der Waals surface area contributed by atoms with Crippen LogP contribution in [0.2, 0.25) is 0 Å². The summed E-state index contributed by atoms with van der Waals surface area (Å²) in [4.78, 5) is 20.7. The van der Waals surface area contributed by atoms with E-state index < -0.39 is 11.6 Å². The summed E-state index contributed by atoms with van der Waals surface area (Å²) >= 11 is 1.79. The quantitative estimate of drug-likeness (QED) is 0.515. The fourth-order valence-electron chi connectivity index (χ4n) is 6.97. The number of amidine groups is 1. The molecular formula is C26H35F2N3OS. The molecule has 180 valence electrons. The average molecular weight is 476 g/mol. The van der Waals surface area contributed by atoms with E-state index in [0.29, 0.717) is 6.42 Å². The number of amides is 1. The van der Waals surface area contributed by atoms with Crippen molar-refractivity contribution in [3.8, 4) is 0 Å². The molecule has 33 heavy (non-hydrogen) atoms. The van der Waals surface area contributed by atoms with Gasteiger partial charge in [-0.05, 0) is 75.7 Å². The number of thioether (sulfide) groups is 1. The van der Waals surface area contributed by atoms with E-state index in [1.54, 1.807) is 18.7 Å². The molecule has 1 aromatic carbocycles. The summed E-state index contributed by atoms with van der Waals surface area (Å²) < 4.78 is 27.5. The van der Waals surface area contributed by atoms with Crippen LogP contribution in [0.4, 0.5) is 14.5 Å². The maximum absolute atomic E-state index is 13.9. The Labute approximate surface area is 200 Å². The Bertz CT molecular complexity index is 914. The SMILES string of the molecule is CCCCN1C(=NC23CC4CC(CC(C4)C2)C3)SCC1CC(=O)Nc1cc(F)cc(F)c1C. The van der Waals surface area contributed by atoms with Gasteiger partial charge in [-0.1, -0.05) is 25.1 Å². The zero-order valence-electron chi connectivity index (χ0n) is 19.7. The number of halogens is 2. The van der Waals surface area contributed by atoms with E-state index in [4.69, 9.17) is 4.99 Å². The summed E-state index contributed by atoms with van der Waals surface area (Å²) in [5, 5.41) is 3.86. The molecule has 0 spiro atoms. The lowest BCUT2D eigenvalue weighted by Gasteiger charge is -2.55. The van der Waals surface area contributed by atoms with Gasteiger partial charge in [0, 0.05) is 42.1 Å². The van der Waals surface area contributed by atoms with Crippen molar-refractivity contribution < 1.29 is 13.6 Å². The van der Waals surface area contributed by atoms with Gasteiger partial charge in [-0.3, -0.25) is 9.79 Å². The van der Waals surface area contributed by atoms with E-state index in [9.17, 15) is 13.6 Å². The van der Waals surface area contributed by atoms with Gasteiger partial charge in [0.1, 0.15) is 11.6 Å². The van der Waals surface area contributed by atoms with E-state index in [-0.39, 0.29) is 28.7 Å². The highest BCUT2D eigenvalue weighted by Gasteiger charge is 2.51. The van der Waals surface area contributed by atoms with Crippen LogP contribution in [0.5, 0.6) is 0 Å². The summed E-state index contributed by atoms with van der Waals surface area (Å²) in [5.41, 5.74) is 0.595. The summed E-state index contributed by atoms with van der Waals surface area (Å²) in [7, 11) is 0. The largest absolute Gasteiger partial charge is 0.347 e. The van der Waals surface area contributed by atoms with Crippen molar-refractivity contribution in [1.29, 1.82) is 0 Å². The minimum absolute atomic E-state index is 0.0629. The van der Waals surface area contributed by atoms with Crippen molar-refractivity contribution in [1.82, 2.24) is 4.90 Å². The van der Waals surface area contributed by atoms with Crippen molar-refractivity contribution in [2.24, 2.45) is 22.7 Å². The molecule has 1 heterocycles. The Hall–Kier alpha value is -1.63. The minimum atomic E-state index is -0.681. The van der Waals surface area contributed by atoms with Crippen LogP contribution in [0.3, 0.4) is 0 Å². The standard InChI is InChI=1S/C26H35F2N3OS/c1-3-4-5-31-21(11-24(32)29-23-10-20(27)9-22(28)16(23)2)15-33-25(31)30-26-12-17-6-18(13-26)8-19(7-17)14-26/h9-10,17-19,21H,3-8,11-15H2,1-2H3,(H,29,32). The predicted molar refractivity (Wildman–Crippen MR) is 131 cm³/mol. The van der Waals surface area contributed by atoms with Gasteiger partial charge >= 0.3 is 0 Å². The Kier molecular flexibility index (Phi) is 6.45. The smallest absolute Gasteiger partial charge is 0.226 e. The van der Waals surface area contributed by atoms with Crippen LogP contribution in [0.15, 0.2) is 17.1 Å². The van der Waals surface area contributed by atoms with Crippen molar-refractivity contribution >= 4 is 28.5 Å². The number of hydrogen-bond acceptors (Lipinski definition) is 3. The highest BCUT2D eigenvalue weighted by molar-refractivity contribution is 8.14. The van der Waals surface area contributed by atoms with Crippen molar-refractivity contribution in [3.05, 3.63) is 29.3 Å². The molecule has 1 aromatic rings. The van der Waals surface area contributed by atoms with E-state index in [0.717, 1.165) is 54.1 Å². The number of carbonyl (C=O) groups is 1. The Balaban J connectivity index is 1.30. The number of carbonyl (C=O) groups excluding carboxylic acids is 1. The van der Waals surface area contributed by atoms with E-state index in [2.05, 4.69) is 17.1 Å². The zero-order valence-corrected chi connectivity index (χ0v) is 20.5. The summed E-state index contributed by atoms with van der Waals surface area (Å²) in [6.45, 7) is 4.64. The highest BCUT2D eigenvalue weighted by Crippen LogP contribution is 2.57. The summed E-state index contributed by atoms with van der Waals surface area (Å²) in [5.74, 6) is 1.87. The molecule has 1 atom stereocenters. The van der Waals surface area contributed by atoms with Crippen LogP contribution >= 0.6 is 11.8 Å². The summed E-state index contributed by atoms with van der Waals surface area (Å²) in [6.07, 6.45) is 10.4. The van der Waals surface area contributed by atoms with Crippen LogP contribution in [0, 0.1) is 36.3 Å². The molecule has 4 saturated carbocycles. The molecule has 6 rings (SSSR count). The number of aliphatic imine (C=N–C) groups is 1. The third-order valence-corrected chi connectivity index (χ3v) is 9.32. The molecule has 4 nitrogen and oxygen atoms in total. The average Bonchev–Trinajstić information content (AvgIpc) is 3.09. The van der Waals surface area contributed by atoms with Crippen LogP contribution in [-0.2, 0) is 4.79 Å². The molecule has 4 aliphatic carbocycles. The maximum Gasteiger partial charge on any atom is 0.226 e. The lowest BCUT2D eigenvalue weighted by Crippen LogP contribution is -2.50. The number of benzene rings is 1. The third kappa shape index (κ3) is 4.80. The molecule has 1 aliphatic heterocycles. The fourth-order valence-corrected chi connectivity index (χ4v) is 8.27. The topological polar surface area (TPSA) is 44.7 Å². The van der Waals surface area contributed by atoms with E-state index in [1.807, 2.05) is 0 Å². The van der Waals surface area contributed by atoms with Crippen molar-refractivity contribution in [2.75, 3.05) is 17.6 Å². The van der Waals surface area contributed by atoms with E-state index in [1.165, 1.54) is 44.6 Å². The molecule has 7 heteroatoms. The second-order valence-electron chi connectivity index (χ2n) is 10.9. The van der Waals surface area contributed by atoms with Gasteiger partial charge in [-0.25, -0.2) is 8.78 Å². The first-order chi connectivity index (χ1) is 15.8. The van der Waals surface area contributed by atoms with Crippen molar-refractivity contribution in [3.63, 3.8) is 0 Å². The second kappa shape index (κ2) is 9.20. The predicted octanol–water partition coefficient (Wildman–Crippen LogP) is 6.14. The molecule has 0 radical (unpaired) electrons. The van der Waals surface area contributed by atoms with E-state index >= 15 is 0 Å². The first kappa shape index (κ1) is 23.1. The van der Waals surface area contributed by atoms with Crippen molar-refractivity contribution in [2.45, 2.75) is 83.2 Å². The molecule has 0 aromatic heterocycles. The third-order valence-electron chi connectivity index (χ3n) is 8.19. The molecule has 1 saturated heterocycles. The van der Waals surface area contributed by atoms with Gasteiger partial charge in [-0.2, -0.15) is 0 Å². The molecule has 5 fully saturated rings. The number of hydrogen-bond donors (Lipinski definition) is 1. The maximum atomic E-state index is 13.9. The Morgan fingerprint density at radius 1 is 1.18 bits per heavy atom. The van der Waals surface area contributed by atoms with Gasteiger partial charge < -0.3 is 10.2 Å². The number of anilines is 1. The summed E-state index contributed by atoms with van der Waals surface area (Å²) in [6, 6.07) is 2.10. The monoisotopic (exact) mass is 475 g/mol. The molecule has 4 bridgehead atoms. The van der Waals surface area contributed by atoms with Gasteiger partial charge in [0.15, 0.2) is 5.17 Å². The lowest BCUT2D eigenvalue weighted by molar-refractivity contribution is -0.116. The fraction of sp³-hybridized carbons (Fsp3) is 0.692. The molecule has 1 amide bonds. The second-order valence-corrected chi connectivity index (χ2v) is 11.8. The number of nitrogens with zero attached hydrogens (tertiary/aromatic N) is 2. The Morgan fingerprint density at radius 3 is 2.48 bits per heavy atom. The minimum Gasteiger partial charge on any atom is -0.347 e. The Morgan fingerprint density at radius 2 is 1.85 bits per heavy atom. The number of unbranched alkanes of at least 4 members (excludes halogenated alkanes) is 1. The molecular weight excluding hydrogens is 440 g/mol. The van der Waals surface area contributed by atoms with Crippen LogP contribution in [0.25, 0.3) is 0 Å². The molecule has 1 N–H and O–H groups in total. The first-order valence-corrected chi connectivity index (χ1v) is 13.6. The molecule has 5 aliphatic rings. The van der Waals surface area contributed by atoms with Gasteiger partial charge in [0.2, 0.25) is 5.91 Å². The van der Waals surface area contributed by atoms with Crippen LogP contribution in [-0.4, -0.2) is 39.9 Å². The molecule has 1 unspecified atom stereocenters. The van der Waals surface area contributed by atoms with Crippen LogP contribution in [0.1, 0.15) is 70.3 Å². The first-order valence-electron chi connectivity index (χ1n) is 12.6. The van der Waals surface area contributed by atoms with Gasteiger partial charge in [0.25, 0.3) is 0 Å². The lowest BCUT2D eigenvalue weighted by atomic mass is 9.53. The normalized spacial score (nSPS) is 33.8. The highest BCUT2D eigenvalue weighted by atomic mass is 32.2.